The molecule has 4 rings (SSSR count). The first-order valence-corrected chi connectivity index (χ1v) is 12.6. The Balaban J connectivity index is 1.57. The maximum atomic E-state index is 2.51. The first kappa shape index (κ1) is 23.1. The van der Waals surface area contributed by atoms with Crippen molar-refractivity contribution < 1.29 is 0 Å². The number of benzene rings is 4. The van der Waals surface area contributed by atoms with Crippen LogP contribution in [0, 0.1) is 0 Å². The van der Waals surface area contributed by atoms with E-state index in [9.17, 15) is 0 Å². The lowest BCUT2D eigenvalue weighted by atomic mass is 9.90. The summed E-state index contributed by atoms with van der Waals surface area (Å²) in [6.07, 6.45) is 14.4. The van der Waals surface area contributed by atoms with Gasteiger partial charge in [-0.15, -0.1) is 0 Å². The summed E-state index contributed by atoms with van der Waals surface area (Å²) in [5.41, 5.74) is 4.23. The standard InChI is InChI=1S/C33H36/c1-3-4-5-6-7-8-9-16-30(33-22-20-28-15-11-13-18-32(28)25-33)23-26(2)29-21-19-27-14-10-12-17-31(27)24-29/h4-5,10-15,17-26H,3,6-9,16H2,1-2H3/b5-4-,30-23+. The highest BCUT2D eigenvalue weighted by molar-refractivity contribution is 5.86. The highest BCUT2D eigenvalue weighted by atomic mass is 14.1. The third-order valence-electron chi connectivity index (χ3n) is 6.59. The highest BCUT2D eigenvalue weighted by Crippen LogP contribution is 2.30. The molecule has 0 aromatic heterocycles. The van der Waals surface area contributed by atoms with Crippen molar-refractivity contribution in [2.24, 2.45) is 0 Å². The van der Waals surface area contributed by atoms with E-state index < -0.39 is 0 Å². The molecule has 4 aromatic carbocycles. The first-order chi connectivity index (χ1) is 16.2. The van der Waals surface area contributed by atoms with Crippen molar-refractivity contribution in [3.05, 3.63) is 114 Å². The molecule has 0 N–H and O–H groups in total. The zero-order chi connectivity index (χ0) is 22.9. The molecule has 0 fully saturated rings. The summed E-state index contributed by atoms with van der Waals surface area (Å²) in [6.45, 7) is 4.54. The summed E-state index contributed by atoms with van der Waals surface area (Å²) in [4.78, 5) is 0. The minimum absolute atomic E-state index is 0.378. The highest BCUT2D eigenvalue weighted by Gasteiger charge is 2.09. The Morgan fingerprint density at radius 2 is 1.36 bits per heavy atom. The maximum Gasteiger partial charge on any atom is -0.000418 e. The van der Waals surface area contributed by atoms with Crippen LogP contribution in [0.4, 0.5) is 0 Å². The van der Waals surface area contributed by atoms with Gasteiger partial charge in [-0.25, -0.2) is 0 Å². The largest absolute Gasteiger partial charge is 0.0888 e. The molecule has 0 saturated carbocycles. The monoisotopic (exact) mass is 432 g/mol. The van der Waals surface area contributed by atoms with E-state index in [0.29, 0.717) is 5.92 Å². The molecule has 168 valence electrons. The summed E-state index contributed by atoms with van der Waals surface area (Å²) in [5.74, 6) is 0.378. The van der Waals surface area contributed by atoms with E-state index >= 15 is 0 Å². The molecule has 0 amide bonds. The quantitative estimate of drug-likeness (QED) is 0.173. The topological polar surface area (TPSA) is 0 Å². The number of hydrogen-bond acceptors (Lipinski definition) is 0. The van der Waals surface area contributed by atoms with Crippen LogP contribution < -0.4 is 0 Å². The van der Waals surface area contributed by atoms with Gasteiger partial charge in [0.05, 0.1) is 0 Å². The Kier molecular flexibility index (Phi) is 8.14. The molecule has 4 aromatic rings. The SMILES string of the molecule is CC/C=C\CCCCC/C(=C\C(C)c1ccc2ccccc2c1)c1ccc2ccccc2c1. The molecule has 0 radical (unpaired) electrons. The normalized spacial score (nSPS) is 13.2. The third-order valence-corrected chi connectivity index (χ3v) is 6.59. The van der Waals surface area contributed by atoms with Crippen LogP contribution in [0.3, 0.4) is 0 Å². The fourth-order valence-electron chi connectivity index (χ4n) is 4.64. The van der Waals surface area contributed by atoms with Crippen LogP contribution in [0.1, 0.15) is 69.4 Å². The van der Waals surface area contributed by atoms with Crippen molar-refractivity contribution in [1.29, 1.82) is 0 Å². The van der Waals surface area contributed by atoms with Crippen LogP contribution in [0.2, 0.25) is 0 Å². The van der Waals surface area contributed by atoms with E-state index in [4.69, 9.17) is 0 Å². The average Bonchev–Trinajstić information content (AvgIpc) is 2.86. The molecule has 1 atom stereocenters. The number of hydrogen-bond donors (Lipinski definition) is 0. The molecule has 0 aliphatic carbocycles. The van der Waals surface area contributed by atoms with E-state index in [-0.39, 0.29) is 0 Å². The predicted molar refractivity (Wildman–Crippen MR) is 147 cm³/mol. The summed E-state index contributed by atoms with van der Waals surface area (Å²) in [6, 6.07) is 31.2. The van der Waals surface area contributed by atoms with E-state index in [2.05, 4.69) is 117 Å². The fraction of sp³-hybridized carbons (Fsp3) is 0.273. The Morgan fingerprint density at radius 3 is 2.09 bits per heavy atom. The first-order valence-electron chi connectivity index (χ1n) is 12.6. The average molecular weight is 433 g/mol. The molecule has 0 spiro atoms. The minimum Gasteiger partial charge on any atom is -0.0888 e. The number of fused-ring (bicyclic) bond motifs is 2. The lowest BCUT2D eigenvalue weighted by molar-refractivity contribution is 0.699. The van der Waals surface area contributed by atoms with Crippen LogP contribution in [-0.4, -0.2) is 0 Å². The zero-order valence-corrected chi connectivity index (χ0v) is 20.1. The van der Waals surface area contributed by atoms with Crippen molar-refractivity contribution in [2.45, 2.75) is 58.3 Å². The second-order valence-corrected chi connectivity index (χ2v) is 9.13. The van der Waals surface area contributed by atoms with Crippen molar-refractivity contribution >= 4 is 27.1 Å². The van der Waals surface area contributed by atoms with E-state index in [1.807, 2.05) is 0 Å². The minimum atomic E-state index is 0.378. The Bertz CT molecular complexity index is 1240. The van der Waals surface area contributed by atoms with Crippen LogP contribution in [0.5, 0.6) is 0 Å². The third kappa shape index (κ3) is 6.23. The molecule has 0 aliphatic rings. The van der Waals surface area contributed by atoms with Crippen LogP contribution in [0.25, 0.3) is 27.1 Å². The van der Waals surface area contributed by atoms with Crippen LogP contribution in [0.15, 0.2) is 103 Å². The summed E-state index contributed by atoms with van der Waals surface area (Å²) in [7, 11) is 0. The van der Waals surface area contributed by atoms with Gasteiger partial charge in [0.15, 0.2) is 0 Å². The molecule has 0 heteroatoms. The van der Waals surface area contributed by atoms with Gasteiger partial charge >= 0.3 is 0 Å². The lowest BCUT2D eigenvalue weighted by Crippen LogP contribution is -1.94. The Morgan fingerprint density at radius 1 is 0.697 bits per heavy atom. The molecular formula is C33H36. The molecule has 0 heterocycles. The van der Waals surface area contributed by atoms with Gasteiger partial charge in [-0.1, -0.05) is 117 Å². The van der Waals surface area contributed by atoms with Crippen LogP contribution in [-0.2, 0) is 0 Å². The molecule has 0 saturated heterocycles. The maximum absolute atomic E-state index is 2.51. The second kappa shape index (κ2) is 11.7. The van der Waals surface area contributed by atoms with Gasteiger partial charge in [-0.3, -0.25) is 0 Å². The van der Waals surface area contributed by atoms with E-state index in [0.717, 1.165) is 12.8 Å². The van der Waals surface area contributed by atoms with E-state index in [1.165, 1.54) is 63.9 Å². The number of rotatable bonds is 10. The van der Waals surface area contributed by atoms with Gasteiger partial charge in [-0.05, 0) is 82.3 Å². The van der Waals surface area contributed by atoms with Crippen molar-refractivity contribution in [3.8, 4) is 0 Å². The molecule has 0 aliphatic heterocycles. The van der Waals surface area contributed by atoms with Crippen molar-refractivity contribution in [1.82, 2.24) is 0 Å². The molecule has 33 heavy (non-hydrogen) atoms. The van der Waals surface area contributed by atoms with E-state index in [1.54, 1.807) is 0 Å². The second-order valence-electron chi connectivity index (χ2n) is 9.13. The molecule has 1 unspecified atom stereocenters. The van der Waals surface area contributed by atoms with Gasteiger partial charge in [0.25, 0.3) is 0 Å². The Hall–Kier alpha value is -3.12. The zero-order valence-electron chi connectivity index (χ0n) is 20.1. The number of unbranched alkanes of at least 4 members (excludes halogenated alkanes) is 3. The molecule has 0 nitrogen and oxygen atoms in total. The molecule has 0 bridgehead atoms. The van der Waals surface area contributed by atoms with Gasteiger partial charge in [0.1, 0.15) is 0 Å². The summed E-state index contributed by atoms with van der Waals surface area (Å²) >= 11 is 0. The van der Waals surface area contributed by atoms with Gasteiger partial charge in [0.2, 0.25) is 0 Å². The van der Waals surface area contributed by atoms with Gasteiger partial charge in [0, 0.05) is 0 Å². The summed E-state index contributed by atoms with van der Waals surface area (Å²) < 4.78 is 0. The smallest absolute Gasteiger partial charge is 0.000418 e. The van der Waals surface area contributed by atoms with Gasteiger partial charge in [-0.2, -0.15) is 0 Å². The van der Waals surface area contributed by atoms with Crippen molar-refractivity contribution in [3.63, 3.8) is 0 Å². The Labute approximate surface area is 199 Å². The van der Waals surface area contributed by atoms with Crippen LogP contribution >= 0.6 is 0 Å². The van der Waals surface area contributed by atoms with Gasteiger partial charge < -0.3 is 0 Å². The number of allylic oxidation sites excluding steroid dienone is 4. The van der Waals surface area contributed by atoms with Crippen molar-refractivity contribution in [2.75, 3.05) is 0 Å². The molecular weight excluding hydrogens is 396 g/mol. The summed E-state index contributed by atoms with van der Waals surface area (Å²) in [5, 5.41) is 5.27. The lowest BCUT2D eigenvalue weighted by Gasteiger charge is -2.14. The fourth-order valence-corrected chi connectivity index (χ4v) is 4.64. The predicted octanol–water partition coefficient (Wildman–Crippen LogP) is 10.1.